The predicted octanol–water partition coefficient (Wildman–Crippen LogP) is 1.10. The molecule has 0 aliphatic carbocycles. The monoisotopic (exact) mass is 267 g/mol. The fourth-order valence-corrected chi connectivity index (χ4v) is 1.59. The van der Waals surface area contributed by atoms with Crippen LogP contribution in [0.2, 0.25) is 0 Å². The Kier molecular flexibility index (Phi) is 4.99. The largest absolute Gasteiger partial charge is 0.493 e. The van der Waals surface area contributed by atoms with Crippen LogP contribution in [-0.4, -0.2) is 33.1 Å². The van der Waals surface area contributed by atoms with Crippen molar-refractivity contribution in [1.29, 1.82) is 0 Å². The molecular weight excluding hydrogens is 250 g/mol. The second-order valence-corrected chi connectivity index (χ2v) is 3.56. The van der Waals surface area contributed by atoms with Gasteiger partial charge >= 0.3 is 6.03 Å². The first-order valence-corrected chi connectivity index (χ1v) is 5.44. The molecule has 0 saturated heterocycles. The highest BCUT2D eigenvalue weighted by molar-refractivity contribution is 6.02. The topological polar surface area (TPSA) is 95.2 Å². The first-order chi connectivity index (χ1) is 9.04. The number of hydrogen-bond donors (Lipinski definition) is 2. The quantitative estimate of drug-likeness (QED) is 0.617. The van der Waals surface area contributed by atoms with Crippen LogP contribution in [0.1, 0.15) is 12.5 Å². The zero-order chi connectivity index (χ0) is 14.4. The molecule has 2 amide bonds. The van der Waals surface area contributed by atoms with Gasteiger partial charge in [0.05, 0.1) is 27.0 Å². The van der Waals surface area contributed by atoms with Crippen molar-refractivity contribution < 1.29 is 19.0 Å². The molecule has 0 saturated carbocycles. The number of hydrazone groups is 1. The molecule has 0 aliphatic heterocycles. The number of carbonyl (C=O) groups excluding carboxylic acids is 1. The number of amides is 2. The molecule has 1 rings (SSSR count). The smallest absolute Gasteiger partial charge is 0.332 e. The minimum Gasteiger partial charge on any atom is -0.493 e. The summed E-state index contributed by atoms with van der Waals surface area (Å²) >= 11 is 0. The Hall–Kier alpha value is -2.44. The number of nitrogens with two attached hydrogens (primary N) is 1. The van der Waals surface area contributed by atoms with Crippen molar-refractivity contribution in [2.75, 3.05) is 21.3 Å². The maximum Gasteiger partial charge on any atom is 0.332 e. The van der Waals surface area contributed by atoms with Crippen LogP contribution in [0, 0.1) is 0 Å². The van der Waals surface area contributed by atoms with Crippen LogP contribution >= 0.6 is 0 Å². The fraction of sp³-hybridized carbons (Fsp3) is 0.333. The van der Waals surface area contributed by atoms with Gasteiger partial charge in [0.25, 0.3) is 0 Å². The third-order valence-electron chi connectivity index (χ3n) is 2.43. The molecule has 0 fully saturated rings. The van der Waals surface area contributed by atoms with Crippen LogP contribution in [0.3, 0.4) is 0 Å². The first-order valence-electron chi connectivity index (χ1n) is 5.44. The van der Waals surface area contributed by atoms with E-state index in [0.717, 1.165) is 0 Å². The Morgan fingerprint density at radius 2 is 1.79 bits per heavy atom. The number of ether oxygens (including phenoxy) is 3. The second kappa shape index (κ2) is 6.48. The highest BCUT2D eigenvalue weighted by atomic mass is 16.5. The van der Waals surface area contributed by atoms with Gasteiger partial charge in [-0.25, -0.2) is 10.2 Å². The molecule has 0 spiro atoms. The molecule has 0 aromatic heterocycles. The Labute approximate surface area is 111 Å². The molecule has 0 heterocycles. The summed E-state index contributed by atoms with van der Waals surface area (Å²) in [5.74, 6) is 1.46. The minimum absolute atomic E-state index is 0.455. The summed E-state index contributed by atoms with van der Waals surface area (Å²) < 4.78 is 15.7. The average molecular weight is 267 g/mol. The summed E-state index contributed by atoms with van der Waals surface area (Å²) in [5, 5.41) is 3.85. The molecule has 7 heteroatoms. The van der Waals surface area contributed by atoms with E-state index in [-0.39, 0.29) is 0 Å². The van der Waals surface area contributed by atoms with Crippen molar-refractivity contribution in [1.82, 2.24) is 5.43 Å². The van der Waals surface area contributed by atoms with E-state index in [1.165, 1.54) is 21.3 Å². The Morgan fingerprint density at radius 3 is 2.26 bits per heavy atom. The van der Waals surface area contributed by atoms with Gasteiger partial charge in [0.1, 0.15) is 0 Å². The normalized spacial score (nSPS) is 10.8. The summed E-state index contributed by atoms with van der Waals surface area (Å²) in [6.07, 6.45) is 0. The van der Waals surface area contributed by atoms with E-state index in [2.05, 4.69) is 10.5 Å². The molecule has 19 heavy (non-hydrogen) atoms. The molecule has 0 atom stereocenters. The van der Waals surface area contributed by atoms with Crippen molar-refractivity contribution in [2.45, 2.75) is 6.92 Å². The minimum atomic E-state index is -0.737. The van der Waals surface area contributed by atoms with E-state index in [0.29, 0.717) is 28.5 Å². The summed E-state index contributed by atoms with van der Waals surface area (Å²) in [5.41, 5.74) is 8.30. The highest BCUT2D eigenvalue weighted by Gasteiger charge is 2.17. The summed E-state index contributed by atoms with van der Waals surface area (Å²) in [6, 6.07) is 2.74. The van der Waals surface area contributed by atoms with Gasteiger partial charge in [-0.1, -0.05) is 0 Å². The number of nitrogens with one attached hydrogen (secondary N) is 1. The lowest BCUT2D eigenvalue weighted by atomic mass is 10.1. The number of rotatable bonds is 5. The van der Waals surface area contributed by atoms with E-state index < -0.39 is 6.03 Å². The molecule has 3 N–H and O–H groups in total. The van der Waals surface area contributed by atoms with Gasteiger partial charge < -0.3 is 19.9 Å². The molecule has 0 radical (unpaired) electrons. The number of primary amides is 1. The van der Waals surface area contributed by atoms with E-state index in [4.69, 9.17) is 19.9 Å². The van der Waals surface area contributed by atoms with E-state index >= 15 is 0 Å². The zero-order valence-corrected chi connectivity index (χ0v) is 11.3. The maximum atomic E-state index is 10.6. The lowest BCUT2D eigenvalue weighted by molar-refractivity contribution is 0.249. The molecule has 1 aromatic rings. The number of urea groups is 1. The molecule has 0 unspecified atom stereocenters. The lowest BCUT2D eigenvalue weighted by Crippen LogP contribution is -2.25. The molecule has 7 nitrogen and oxygen atoms in total. The Bertz CT molecular complexity index is 500. The molecule has 104 valence electrons. The zero-order valence-electron chi connectivity index (χ0n) is 11.3. The fourth-order valence-electron chi connectivity index (χ4n) is 1.59. The lowest BCUT2D eigenvalue weighted by Gasteiger charge is -2.15. The average Bonchev–Trinajstić information content (AvgIpc) is 2.42. The van der Waals surface area contributed by atoms with Gasteiger partial charge in [0.2, 0.25) is 5.75 Å². The van der Waals surface area contributed by atoms with Gasteiger partial charge in [0, 0.05) is 5.56 Å². The summed E-state index contributed by atoms with van der Waals surface area (Å²) in [6.45, 7) is 1.71. The maximum absolute atomic E-state index is 10.6. The van der Waals surface area contributed by atoms with E-state index in [1.807, 2.05) is 0 Å². The third-order valence-corrected chi connectivity index (χ3v) is 2.43. The predicted molar refractivity (Wildman–Crippen MR) is 71.0 cm³/mol. The number of hydrogen-bond acceptors (Lipinski definition) is 5. The van der Waals surface area contributed by atoms with Crippen LogP contribution in [0.5, 0.6) is 17.2 Å². The number of nitrogens with zero attached hydrogens (tertiary/aromatic N) is 1. The van der Waals surface area contributed by atoms with Crippen molar-refractivity contribution >= 4 is 11.7 Å². The van der Waals surface area contributed by atoms with Gasteiger partial charge in [0.15, 0.2) is 11.5 Å². The number of benzene rings is 1. The van der Waals surface area contributed by atoms with E-state index in [9.17, 15) is 4.79 Å². The van der Waals surface area contributed by atoms with Crippen LogP contribution in [0.4, 0.5) is 4.79 Å². The van der Waals surface area contributed by atoms with E-state index in [1.54, 1.807) is 19.1 Å². The molecule has 0 bridgehead atoms. The summed E-state index contributed by atoms with van der Waals surface area (Å²) in [7, 11) is 4.56. The van der Waals surface area contributed by atoms with Crippen molar-refractivity contribution in [2.24, 2.45) is 10.8 Å². The first kappa shape index (κ1) is 14.6. The summed E-state index contributed by atoms with van der Waals surface area (Å²) in [4.78, 5) is 10.6. The van der Waals surface area contributed by atoms with Crippen molar-refractivity contribution in [3.05, 3.63) is 17.7 Å². The molecule has 0 aliphatic rings. The van der Waals surface area contributed by atoms with Crippen molar-refractivity contribution in [3.8, 4) is 17.2 Å². The van der Waals surface area contributed by atoms with Crippen LogP contribution in [0.15, 0.2) is 17.2 Å². The number of carbonyl (C=O) groups is 1. The standard InChI is InChI=1S/C12H17N3O4/c1-7(14-15-12(13)16)8-5-6-9(17-2)11(19-4)10(8)18-3/h5-6H,1-4H3,(H3,13,15,16). The SMILES string of the molecule is COc1ccc(C(C)=NNC(N)=O)c(OC)c1OC. The van der Waals surface area contributed by atoms with Crippen LogP contribution in [0.25, 0.3) is 0 Å². The Morgan fingerprint density at radius 1 is 1.16 bits per heavy atom. The number of methoxy groups -OCH3 is 3. The second-order valence-electron chi connectivity index (χ2n) is 3.56. The highest BCUT2D eigenvalue weighted by Crippen LogP contribution is 2.39. The van der Waals surface area contributed by atoms with Crippen LogP contribution in [-0.2, 0) is 0 Å². The van der Waals surface area contributed by atoms with Gasteiger partial charge in [-0.15, -0.1) is 0 Å². The molecular formula is C12H17N3O4. The van der Waals surface area contributed by atoms with Gasteiger partial charge in [-0.2, -0.15) is 5.10 Å². The Balaban J connectivity index is 3.28. The van der Waals surface area contributed by atoms with Gasteiger partial charge in [-0.3, -0.25) is 0 Å². The molecule has 1 aromatic carbocycles. The van der Waals surface area contributed by atoms with Crippen LogP contribution < -0.4 is 25.4 Å². The third kappa shape index (κ3) is 3.27. The van der Waals surface area contributed by atoms with Gasteiger partial charge in [-0.05, 0) is 19.1 Å². The van der Waals surface area contributed by atoms with Crippen molar-refractivity contribution in [3.63, 3.8) is 0 Å².